The Kier molecular flexibility index (Phi) is 3.46. The van der Waals surface area contributed by atoms with Gasteiger partial charge in [0.15, 0.2) is 11.3 Å². The molecule has 1 aliphatic rings. The first-order chi connectivity index (χ1) is 10.1. The van der Waals surface area contributed by atoms with Crippen LogP contribution in [0.1, 0.15) is 32.1 Å². The zero-order valence-electron chi connectivity index (χ0n) is 11.4. The highest BCUT2D eigenvalue weighted by Crippen LogP contribution is 2.32. The topological polar surface area (TPSA) is 117 Å². The lowest BCUT2D eigenvalue weighted by Gasteiger charge is -2.32. The van der Waals surface area contributed by atoms with E-state index < -0.39 is 4.92 Å². The highest BCUT2D eigenvalue weighted by molar-refractivity contribution is 5.88. The Bertz CT molecular complexity index is 663. The van der Waals surface area contributed by atoms with Crippen LogP contribution in [0.25, 0.3) is 11.0 Å². The third kappa shape index (κ3) is 2.66. The Hall–Kier alpha value is -2.22. The van der Waals surface area contributed by atoms with Crippen LogP contribution >= 0.6 is 0 Å². The molecule has 2 N–H and O–H groups in total. The van der Waals surface area contributed by atoms with E-state index in [4.69, 9.17) is 10.5 Å². The predicted octanol–water partition coefficient (Wildman–Crippen LogP) is 2.17. The number of ether oxygens (including phenoxy) is 1. The molecule has 8 nitrogen and oxygen atoms in total. The number of rotatable bonds is 4. The molecule has 8 heteroatoms. The molecule has 1 aliphatic carbocycles. The molecule has 1 aromatic heterocycles. The van der Waals surface area contributed by atoms with Crippen molar-refractivity contribution in [1.29, 1.82) is 0 Å². The maximum atomic E-state index is 10.9. The molecule has 0 bridgehead atoms. The van der Waals surface area contributed by atoms with Gasteiger partial charge in [0.05, 0.1) is 10.5 Å². The molecule has 0 aliphatic heterocycles. The average Bonchev–Trinajstić information content (AvgIpc) is 2.94. The number of hydrogen-bond acceptors (Lipinski definition) is 7. The fourth-order valence-electron chi connectivity index (χ4n) is 2.72. The minimum atomic E-state index is -0.526. The van der Waals surface area contributed by atoms with Crippen molar-refractivity contribution in [2.24, 2.45) is 5.73 Å². The second-order valence-corrected chi connectivity index (χ2v) is 5.51. The van der Waals surface area contributed by atoms with Gasteiger partial charge in [-0.2, -0.15) is 0 Å². The van der Waals surface area contributed by atoms with E-state index in [1.807, 2.05) is 0 Å². The number of nitrogens with zero attached hydrogens (tertiary/aromatic N) is 3. The molecule has 0 spiro atoms. The van der Waals surface area contributed by atoms with Gasteiger partial charge >= 0.3 is 5.69 Å². The summed E-state index contributed by atoms with van der Waals surface area (Å²) in [7, 11) is 0. The summed E-state index contributed by atoms with van der Waals surface area (Å²) >= 11 is 0. The summed E-state index contributed by atoms with van der Waals surface area (Å²) in [5, 5.41) is 18.2. The van der Waals surface area contributed by atoms with Crippen LogP contribution in [-0.2, 0) is 0 Å². The van der Waals surface area contributed by atoms with E-state index in [0.29, 0.717) is 12.4 Å². The second-order valence-electron chi connectivity index (χ2n) is 5.51. The van der Waals surface area contributed by atoms with Gasteiger partial charge in [-0.3, -0.25) is 10.1 Å². The highest BCUT2D eigenvalue weighted by Gasteiger charge is 2.29. The van der Waals surface area contributed by atoms with Crippen molar-refractivity contribution in [3.8, 4) is 5.75 Å². The van der Waals surface area contributed by atoms with Crippen molar-refractivity contribution >= 4 is 16.7 Å². The summed E-state index contributed by atoms with van der Waals surface area (Å²) in [5.41, 5.74) is 6.16. The summed E-state index contributed by atoms with van der Waals surface area (Å²) in [4.78, 5) is 10.4. The average molecular weight is 292 g/mol. The first-order valence-electron chi connectivity index (χ1n) is 6.90. The summed E-state index contributed by atoms with van der Waals surface area (Å²) in [6.07, 6.45) is 5.23. The van der Waals surface area contributed by atoms with Gasteiger partial charge in [-0.25, -0.2) is 4.63 Å². The minimum absolute atomic E-state index is 0.0900. The first kappa shape index (κ1) is 13.7. The third-order valence-corrected chi connectivity index (χ3v) is 3.92. The number of fused-ring (bicyclic) bond motifs is 1. The van der Waals surface area contributed by atoms with Gasteiger partial charge in [0.2, 0.25) is 5.52 Å². The van der Waals surface area contributed by atoms with Crippen molar-refractivity contribution in [2.75, 3.05) is 6.61 Å². The largest absolute Gasteiger partial charge is 0.489 e. The van der Waals surface area contributed by atoms with Crippen LogP contribution in [0.4, 0.5) is 5.69 Å². The summed E-state index contributed by atoms with van der Waals surface area (Å²) in [5.74, 6) is 0.409. The van der Waals surface area contributed by atoms with E-state index in [-0.39, 0.29) is 22.3 Å². The Balaban J connectivity index is 1.83. The molecule has 0 atom stereocenters. The Morgan fingerprint density at radius 1 is 1.29 bits per heavy atom. The number of aromatic nitrogens is 2. The van der Waals surface area contributed by atoms with Crippen molar-refractivity contribution < 1.29 is 14.3 Å². The maximum absolute atomic E-state index is 10.9. The summed E-state index contributed by atoms with van der Waals surface area (Å²) < 4.78 is 10.3. The molecule has 0 unspecified atom stereocenters. The van der Waals surface area contributed by atoms with Crippen molar-refractivity contribution in [2.45, 2.75) is 37.6 Å². The minimum Gasteiger partial charge on any atom is -0.489 e. The van der Waals surface area contributed by atoms with Crippen LogP contribution in [0.5, 0.6) is 5.75 Å². The maximum Gasteiger partial charge on any atom is 0.301 e. The fourth-order valence-corrected chi connectivity index (χ4v) is 2.72. The molecule has 1 heterocycles. The number of nitrogens with two attached hydrogens (primary N) is 1. The normalized spacial score (nSPS) is 17.8. The van der Waals surface area contributed by atoms with Gasteiger partial charge in [0, 0.05) is 6.07 Å². The van der Waals surface area contributed by atoms with E-state index >= 15 is 0 Å². The summed E-state index contributed by atoms with van der Waals surface area (Å²) in [6.45, 7) is 0.354. The molecule has 1 fully saturated rings. The molecule has 0 saturated heterocycles. The third-order valence-electron chi connectivity index (χ3n) is 3.92. The van der Waals surface area contributed by atoms with Crippen LogP contribution in [0.2, 0.25) is 0 Å². The SMILES string of the molecule is NC1(COc2ccc([N+](=O)[O-])c3nonc23)CCCCC1. The summed E-state index contributed by atoms with van der Waals surface area (Å²) in [6, 6.07) is 2.85. The lowest BCUT2D eigenvalue weighted by atomic mass is 9.83. The van der Waals surface area contributed by atoms with E-state index in [1.54, 1.807) is 0 Å². The van der Waals surface area contributed by atoms with Crippen LogP contribution in [0.15, 0.2) is 16.8 Å². The fraction of sp³-hybridized carbons (Fsp3) is 0.538. The second kappa shape index (κ2) is 5.28. The molecular weight excluding hydrogens is 276 g/mol. The Morgan fingerprint density at radius 3 is 2.71 bits per heavy atom. The number of benzene rings is 1. The van der Waals surface area contributed by atoms with Crippen molar-refractivity contribution in [3.63, 3.8) is 0 Å². The highest BCUT2D eigenvalue weighted by atomic mass is 16.6. The zero-order valence-corrected chi connectivity index (χ0v) is 11.4. The van der Waals surface area contributed by atoms with Gasteiger partial charge in [-0.05, 0) is 29.2 Å². The van der Waals surface area contributed by atoms with Gasteiger partial charge in [0.25, 0.3) is 0 Å². The number of nitro benzene ring substituents is 1. The van der Waals surface area contributed by atoms with Gasteiger partial charge < -0.3 is 10.5 Å². The lowest BCUT2D eigenvalue weighted by molar-refractivity contribution is -0.383. The molecule has 3 rings (SSSR count). The predicted molar refractivity (Wildman–Crippen MR) is 74.0 cm³/mol. The van der Waals surface area contributed by atoms with Crippen molar-refractivity contribution in [3.05, 3.63) is 22.2 Å². The smallest absolute Gasteiger partial charge is 0.301 e. The standard InChI is InChI=1S/C13H16N4O4/c14-13(6-2-1-3-7-13)8-20-10-5-4-9(17(18)19)11-12(10)16-21-15-11/h4-5H,1-3,6-8,14H2. The molecule has 1 aromatic carbocycles. The van der Waals surface area contributed by atoms with E-state index in [1.165, 1.54) is 18.6 Å². The van der Waals surface area contributed by atoms with Gasteiger partial charge in [-0.15, -0.1) is 0 Å². The van der Waals surface area contributed by atoms with Crippen LogP contribution in [-0.4, -0.2) is 27.4 Å². The van der Waals surface area contributed by atoms with Gasteiger partial charge in [0.1, 0.15) is 6.61 Å². The quantitative estimate of drug-likeness (QED) is 0.677. The molecule has 21 heavy (non-hydrogen) atoms. The van der Waals surface area contributed by atoms with E-state index in [2.05, 4.69) is 14.9 Å². The molecular formula is C13H16N4O4. The van der Waals surface area contributed by atoms with Gasteiger partial charge in [-0.1, -0.05) is 19.3 Å². The van der Waals surface area contributed by atoms with E-state index in [9.17, 15) is 10.1 Å². The lowest BCUT2D eigenvalue weighted by Crippen LogP contribution is -2.47. The number of non-ortho nitro benzene ring substituents is 1. The van der Waals surface area contributed by atoms with Crippen LogP contribution in [0, 0.1) is 10.1 Å². The number of nitro groups is 1. The molecule has 0 amide bonds. The first-order valence-corrected chi connectivity index (χ1v) is 6.90. The van der Waals surface area contributed by atoms with Crippen LogP contribution < -0.4 is 10.5 Å². The molecule has 112 valence electrons. The van der Waals surface area contributed by atoms with E-state index in [0.717, 1.165) is 25.7 Å². The molecule has 1 saturated carbocycles. The molecule has 0 radical (unpaired) electrons. The monoisotopic (exact) mass is 292 g/mol. The number of hydrogen-bond donors (Lipinski definition) is 1. The Morgan fingerprint density at radius 2 is 2.00 bits per heavy atom. The molecule has 2 aromatic rings. The zero-order chi connectivity index (χ0) is 14.9. The van der Waals surface area contributed by atoms with Crippen molar-refractivity contribution in [1.82, 2.24) is 10.3 Å². The Labute approximate surface area is 120 Å². The van der Waals surface area contributed by atoms with Crippen LogP contribution in [0.3, 0.4) is 0 Å².